The monoisotopic (exact) mass is 499 g/mol. The predicted octanol–water partition coefficient (Wildman–Crippen LogP) is 9.05. The maximum atomic E-state index is 14.5. The molecule has 0 N–H and O–H groups in total. The van der Waals surface area contributed by atoms with Crippen molar-refractivity contribution in [2.75, 3.05) is 0 Å². The molecule has 0 aliphatic heterocycles. The number of hydrogen-bond acceptors (Lipinski definition) is 1. The number of furan rings is 1. The minimum atomic E-state index is -2.19. The lowest BCUT2D eigenvalue weighted by molar-refractivity contribution is 0.381. The van der Waals surface area contributed by atoms with Gasteiger partial charge >= 0.3 is 0 Å². The van der Waals surface area contributed by atoms with Crippen LogP contribution >= 0.6 is 0 Å². The van der Waals surface area contributed by atoms with Crippen molar-refractivity contribution in [3.8, 4) is 16.8 Å². The van der Waals surface area contributed by atoms with Crippen molar-refractivity contribution in [1.82, 2.24) is 4.57 Å². The van der Waals surface area contributed by atoms with Gasteiger partial charge < -0.3 is 8.98 Å². The summed E-state index contributed by atoms with van der Waals surface area (Å²) < 4.78 is 78.4. The SMILES string of the molecule is Fc1c(F)c(F)c(-c2ccc3oc4ccc(-n5c6ccccc6c6ccccc65)cc4c3c2)c(F)c1F. The van der Waals surface area contributed by atoms with E-state index < -0.39 is 34.6 Å². The van der Waals surface area contributed by atoms with Crippen LogP contribution < -0.4 is 0 Å². The van der Waals surface area contributed by atoms with Crippen molar-refractivity contribution in [2.45, 2.75) is 0 Å². The van der Waals surface area contributed by atoms with E-state index >= 15 is 0 Å². The van der Waals surface area contributed by atoms with Gasteiger partial charge in [-0.05, 0) is 48.0 Å². The molecule has 0 aliphatic rings. The van der Waals surface area contributed by atoms with Gasteiger partial charge in [0, 0.05) is 27.2 Å². The minimum Gasteiger partial charge on any atom is -0.456 e. The molecule has 0 aliphatic carbocycles. The average molecular weight is 499 g/mol. The molecule has 0 spiro atoms. The number of halogens is 5. The summed E-state index contributed by atoms with van der Waals surface area (Å²) >= 11 is 0. The van der Waals surface area contributed by atoms with Gasteiger partial charge in [0.2, 0.25) is 5.82 Å². The summed E-state index contributed by atoms with van der Waals surface area (Å²) in [7, 11) is 0. The molecule has 37 heavy (non-hydrogen) atoms. The van der Waals surface area contributed by atoms with Gasteiger partial charge in [0.1, 0.15) is 11.2 Å². The maximum absolute atomic E-state index is 14.5. The highest BCUT2D eigenvalue weighted by atomic mass is 19.2. The van der Waals surface area contributed by atoms with Gasteiger partial charge in [-0.1, -0.05) is 42.5 Å². The smallest absolute Gasteiger partial charge is 0.200 e. The number of benzene rings is 5. The predicted molar refractivity (Wildman–Crippen MR) is 133 cm³/mol. The first-order valence-electron chi connectivity index (χ1n) is 11.4. The molecule has 0 unspecified atom stereocenters. The second kappa shape index (κ2) is 7.67. The molecule has 180 valence electrons. The van der Waals surface area contributed by atoms with Crippen LogP contribution in [0.1, 0.15) is 0 Å². The standard InChI is InChI=1S/C30H14F5NO/c31-26-25(27(32)29(34)30(35)28(26)33)15-9-11-23-19(13-15)20-14-16(10-12-24(20)37-23)36-21-7-3-1-5-17(21)18-6-2-4-8-22(18)36/h1-14H. The third-order valence-electron chi connectivity index (χ3n) is 6.79. The fraction of sp³-hybridized carbons (Fsp3) is 0. The van der Waals surface area contributed by atoms with Crippen LogP contribution in [0, 0.1) is 29.1 Å². The zero-order valence-electron chi connectivity index (χ0n) is 18.8. The molecule has 0 saturated carbocycles. The summed E-state index contributed by atoms with van der Waals surface area (Å²) in [6.07, 6.45) is 0. The largest absolute Gasteiger partial charge is 0.456 e. The first-order valence-corrected chi connectivity index (χ1v) is 11.4. The van der Waals surface area contributed by atoms with Crippen molar-refractivity contribution in [1.29, 1.82) is 0 Å². The van der Waals surface area contributed by atoms with Crippen molar-refractivity contribution >= 4 is 43.7 Å². The summed E-state index contributed by atoms with van der Waals surface area (Å²) in [6.45, 7) is 0. The van der Waals surface area contributed by atoms with E-state index in [1.807, 2.05) is 48.5 Å². The fourth-order valence-corrected chi connectivity index (χ4v) is 5.12. The number of para-hydroxylation sites is 2. The first-order chi connectivity index (χ1) is 17.9. The molecule has 0 bridgehead atoms. The van der Waals surface area contributed by atoms with Crippen LogP contribution in [0.3, 0.4) is 0 Å². The number of nitrogens with zero attached hydrogens (tertiary/aromatic N) is 1. The third kappa shape index (κ3) is 2.97. The minimum absolute atomic E-state index is 0.148. The molecule has 2 nitrogen and oxygen atoms in total. The van der Waals surface area contributed by atoms with Gasteiger partial charge in [-0.2, -0.15) is 0 Å². The summed E-state index contributed by atoms with van der Waals surface area (Å²) in [4.78, 5) is 0. The van der Waals surface area contributed by atoms with Gasteiger partial charge in [-0.15, -0.1) is 0 Å². The van der Waals surface area contributed by atoms with E-state index in [0.717, 1.165) is 27.5 Å². The van der Waals surface area contributed by atoms with E-state index in [1.165, 1.54) is 18.2 Å². The molecule has 7 rings (SSSR count). The lowest BCUT2D eigenvalue weighted by Crippen LogP contribution is -2.03. The summed E-state index contributed by atoms with van der Waals surface area (Å²) in [5, 5.41) is 3.30. The fourth-order valence-electron chi connectivity index (χ4n) is 5.12. The van der Waals surface area contributed by atoms with E-state index in [2.05, 4.69) is 16.7 Å². The average Bonchev–Trinajstić information content (AvgIpc) is 3.46. The topological polar surface area (TPSA) is 18.1 Å². The van der Waals surface area contributed by atoms with E-state index in [-0.39, 0.29) is 5.56 Å². The Morgan fingerprint density at radius 2 is 1.00 bits per heavy atom. The van der Waals surface area contributed by atoms with E-state index in [1.54, 1.807) is 6.07 Å². The Balaban J connectivity index is 1.50. The third-order valence-corrected chi connectivity index (χ3v) is 6.79. The number of aromatic nitrogens is 1. The zero-order valence-corrected chi connectivity index (χ0v) is 18.8. The number of hydrogen-bond donors (Lipinski definition) is 0. The molecule has 0 radical (unpaired) electrons. The first kappa shape index (κ1) is 21.6. The lowest BCUT2D eigenvalue weighted by Gasteiger charge is -2.09. The van der Waals surface area contributed by atoms with Gasteiger partial charge in [0.25, 0.3) is 0 Å². The van der Waals surface area contributed by atoms with E-state index in [4.69, 9.17) is 4.42 Å². The molecule has 0 fully saturated rings. The Hall–Kier alpha value is -4.65. The Bertz CT molecular complexity index is 1970. The normalized spacial score (nSPS) is 11.9. The second-order valence-corrected chi connectivity index (χ2v) is 8.81. The molecule has 0 saturated heterocycles. The molecule has 0 atom stereocenters. The lowest BCUT2D eigenvalue weighted by atomic mass is 10.0. The van der Waals surface area contributed by atoms with Crippen LogP contribution in [0.4, 0.5) is 22.0 Å². The molecular weight excluding hydrogens is 485 g/mol. The highest BCUT2D eigenvalue weighted by Gasteiger charge is 2.27. The quantitative estimate of drug-likeness (QED) is 0.132. The molecule has 0 amide bonds. The number of rotatable bonds is 2. The Morgan fingerprint density at radius 1 is 0.486 bits per heavy atom. The van der Waals surface area contributed by atoms with Gasteiger partial charge in [0.15, 0.2) is 23.3 Å². The van der Waals surface area contributed by atoms with Crippen molar-refractivity contribution in [3.63, 3.8) is 0 Å². The Labute approximate surface area is 205 Å². The van der Waals surface area contributed by atoms with E-state index in [9.17, 15) is 22.0 Å². The summed E-state index contributed by atoms with van der Waals surface area (Å²) in [6, 6.07) is 25.7. The van der Waals surface area contributed by atoms with Crippen LogP contribution in [-0.4, -0.2) is 4.57 Å². The van der Waals surface area contributed by atoms with Gasteiger partial charge in [-0.3, -0.25) is 0 Å². The Kier molecular flexibility index (Phi) is 4.48. The highest BCUT2D eigenvalue weighted by Crippen LogP contribution is 2.38. The van der Waals surface area contributed by atoms with Crippen LogP contribution in [0.2, 0.25) is 0 Å². The summed E-state index contributed by atoms with van der Waals surface area (Å²) in [5.41, 5.74) is 2.64. The van der Waals surface area contributed by atoms with E-state index in [0.29, 0.717) is 21.9 Å². The summed E-state index contributed by atoms with van der Waals surface area (Å²) in [5.74, 6) is -9.92. The van der Waals surface area contributed by atoms with Crippen LogP contribution in [0.25, 0.3) is 60.6 Å². The zero-order chi connectivity index (χ0) is 25.4. The Morgan fingerprint density at radius 3 is 1.62 bits per heavy atom. The second-order valence-electron chi connectivity index (χ2n) is 8.81. The van der Waals surface area contributed by atoms with Crippen molar-refractivity contribution in [2.24, 2.45) is 0 Å². The molecular formula is C30H14F5NO. The number of fused-ring (bicyclic) bond motifs is 6. The molecule has 2 heterocycles. The van der Waals surface area contributed by atoms with Gasteiger partial charge in [0.05, 0.1) is 16.6 Å². The molecule has 7 aromatic rings. The molecule has 5 aromatic carbocycles. The van der Waals surface area contributed by atoms with Crippen molar-refractivity contribution < 1.29 is 26.4 Å². The maximum Gasteiger partial charge on any atom is 0.200 e. The molecule has 2 aromatic heterocycles. The highest BCUT2D eigenvalue weighted by molar-refractivity contribution is 6.11. The van der Waals surface area contributed by atoms with Crippen LogP contribution in [0.5, 0.6) is 0 Å². The van der Waals surface area contributed by atoms with Crippen LogP contribution in [-0.2, 0) is 0 Å². The van der Waals surface area contributed by atoms with Crippen molar-refractivity contribution in [3.05, 3.63) is 114 Å². The van der Waals surface area contributed by atoms with Gasteiger partial charge in [-0.25, -0.2) is 22.0 Å². The molecule has 7 heteroatoms. The van der Waals surface area contributed by atoms with Crippen LogP contribution in [0.15, 0.2) is 89.3 Å².